The van der Waals surface area contributed by atoms with Crippen LogP contribution in [-0.2, 0) is 0 Å². The van der Waals surface area contributed by atoms with Crippen LogP contribution in [0.1, 0.15) is 34.1 Å². The summed E-state index contributed by atoms with van der Waals surface area (Å²) in [5, 5.41) is 3.21. The van der Waals surface area contributed by atoms with Crippen molar-refractivity contribution in [2.45, 2.75) is 46.3 Å². The molecule has 0 aliphatic rings. The van der Waals surface area contributed by atoms with Crippen LogP contribution in [0.15, 0.2) is 0 Å². The van der Waals surface area contributed by atoms with Crippen LogP contribution in [0.3, 0.4) is 0 Å². The van der Waals surface area contributed by atoms with Crippen LogP contribution in [0.5, 0.6) is 0 Å². The molecule has 0 fully saturated rings. The van der Waals surface area contributed by atoms with E-state index in [2.05, 4.69) is 5.32 Å². The van der Waals surface area contributed by atoms with E-state index in [0.717, 1.165) is 13.0 Å². The van der Waals surface area contributed by atoms with E-state index in [1.165, 1.54) is 4.90 Å². The fourth-order valence-corrected chi connectivity index (χ4v) is 1.91. The predicted molar refractivity (Wildman–Crippen MR) is 65.1 cm³/mol. The Balaban J connectivity index is 4.41. The van der Waals surface area contributed by atoms with Gasteiger partial charge in [-0.2, -0.15) is 13.2 Å². The normalized spacial score (nSPS) is 14.6. The number of rotatable bonds is 8. The Morgan fingerprint density at radius 3 is 2.12 bits per heavy atom. The SMILES string of the molecule is CCCNCC(C(C)C)N(CC)CC(F)(F)F. The number of nitrogens with one attached hydrogen (secondary N) is 1. The zero-order valence-electron chi connectivity index (χ0n) is 11.3. The Morgan fingerprint density at radius 2 is 1.76 bits per heavy atom. The lowest BCUT2D eigenvalue weighted by Crippen LogP contribution is -2.49. The van der Waals surface area contributed by atoms with Crippen molar-refractivity contribution in [3.8, 4) is 0 Å². The summed E-state index contributed by atoms with van der Waals surface area (Å²) in [6.07, 6.45) is -3.12. The molecule has 0 bridgehead atoms. The van der Waals surface area contributed by atoms with Crippen LogP contribution >= 0.6 is 0 Å². The first kappa shape index (κ1) is 16.7. The quantitative estimate of drug-likeness (QED) is 0.670. The molecule has 0 aromatic carbocycles. The molecule has 0 radical (unpaired) electrons. The maximum absolute atomic E-state index is 12.4. The van der Waals surface area contributed by atoms with Crippen molar-refractivity contribution in [1.29, 1.82) is 0 Å². The van der Waals surface area contributed by atoms with E-state index in [0.29, 0.717) is 13.1 Å². The molecule has 104 valence electrons. The zero-order chi connectivity index (χ0) is 13.5. The molecule has 0 saturated carbocycles. The van der Waals surface area contributed by atoms with Crippen LogP contribution in [0.4, 0.5) is 13.2 Å². The van der Waals surface area contributed by atoms with Crippen LogP contribution in [0, 0.1) is 5.92 Å². The summed E-state index contributed by atoms with van der Waals surface area (Å²) in [6, 6.07) is -0.0619. The lowest BCUT2D eigenvalue weighted by atomic mass is 10.0. The van der Waals surface area contributed by atoms with E-state index in [4.69, 9.17) is 0 Å². The third-order valence-corrected chi connectivity index (χ3v) is 2.81. The highest BCUT2D eigenvalue weighted by atomic mass is 19.4. The number of likely N-dealkylation sites (N-methyl/N-ethyl adjacent to an activating group) is 1. The van der Waals surface area contributed by atoms with Crippen molar-refractivity contribution in [2.24, 2.45) is 5.92 Å². The van der Waals surface area contributed by atoms with Gasteiger partial charge < -0.3 is 5.32 Å². The molecule has 0 aromatic heterocycles. The first-order valence-electron chi connectivity index (χ1n) is 6.33. The summed E-state index contributed by atoms with van der Waals surface area (Å²) in [4.78, 5) is 1.51. The summed E-state index contributed by atoms with van der Waals surface area (Å²) in [6.45, 7) is 8.85. The molecule has 0 aliphatic carbocycles. The van der Waals surface area contributed by atoms with Gasteiger partial charge in [-0.1, -0.05) is 27.7 Å². The molecular formula is C12H25F3N2. The standard InChI is InChI=1S/C12H25F3N2/c1-5-7-16-8-11(10(3)4)17(6-2)9-12(13,14)15/h10-11,16H,5-9H2,1-4H3. The Labute approximate surface area is 103 Å². The van der Waals surface area contributed by atoms with Crippen LogP contribution in [0.25, 0.3) is 0 Å². The second-order valence-corrected chi connectivity index (χ2v) is 4.69. The molecule has 1 atom stereocenters. The topological polar surface area (TPSA) is 15.3 Å². The molecule has 1 N–H and O–H groups in total. The summed E-state index contributed by atoms with van der Waals surface area (Å²) in [5.41, 5.74) is 0. The molecule has 17 heavy (non-hydrogen) atoms. The van der Waals surface area contributed by atoms with Gasteiger partial charge in [0, 0.05) is 12.6 Å². The van der Waals surface area contributed by atoms with Crippen molar-refractivity contribution in [3.05, 3.63) is 0 Å². The van der Waals surface area contributed by atoms with E-state index in [1.807, 2.05) is 20.8 Å². The fourth-order valence-electron chi connectivity index (χ4n) is 1.91. The van der Waals surface area contributed by atoms with Gasteiger partial charge in [-0.05, 0) is 25.4 Å². The van der Waals surface area contributed by atoms with Gasteiger partial charge in [-0.3, -0.25) is 4.90 Å². The number of halogens is 3. The van der Waals surface area contributed by atoms with E-state index in [1.54, 1.807) is 6.92 Å². The van der Waals surface area contributed by atoms with E-state index >= 15 is 0 Å². The molecule has 5 heteroatoms. The minimum Gasteiger partial charge on any atom is -0.315 e. The lowest BCUT2D eigenvalue weighted by Gasteiger charge is -2.34. The summed E-state index contributed by atoms with van der Waals surface area (Å²) in [7, 11) is 0. The lowest BCUT2D eigenvalue weighted by molar-refractivity contribution is -0.152. The van der Waals surface area contributed by atoms with E-state index in [-0.39, 0.29) is 12.0 Å². The summed E-state index contributed by atoms with van der Waals surface area (Å²) >= 11 is 0. The van der Waals surface area contributed by atoms with Crippen molar-refractivity contribution < 1.29 is 13.2 Å². The number of hydrogen-bond acceptors (Lipinski definition) is 2. The second kappa shape index (κ2) is 7.93. The highest BCUT2D eigenvalue weighted by Crippen LogP contribution is 2.20. The van der Waals surface area contributed by atoms with Gasteiger partial charge >= 0.3 is 6.18 Å². The molecule has 1 unspecified atom stereocenters. The minimum atomic E-state index is -4.12. The average molecular weight is 254 g/mol. The minimum absolute atomic E-state index is 0.0619. The Kier molecular flexibility index (Phi) is 7.79. The number of alkyl halides is 3. The second-order valence-electron chi connectivity index (χ2n) is 4.69. The van der Waals surface area contributed by atoms with Gasteiger partial charge in [0.25, 0.3) is 0 Å². The maximum Gasteiger partial charge on any atom is 0.401 e. The number of nitrogens with zero attached hydrogens (tertiary/aromatic N) is 1. The first-order valence-corrected chi connectivity index (χ1v) is 6.33. The Bertz CT molecular complexity index is 193. The van der Waals surface area contributed by atoms with Crippen LogP contribution in [-0.4, -0.2) is 43.3 Å². The molecule has 0 rings (SSSR count). The van der Waals surface area contributed by atoms with Crippen molar-refractivity contribution >= 4 is 0 Å². The Hall–Kier alpha value is -0.290. The smallest absolute Gasteiger partial charge is 0.315 e. The first-order chi connectivity index (χ1) is 7.81. The van der Waals surface area contributed by atoms with Gasteiger partial charge in [0.15, 0.2) is 0 Å². The van der Waals surface area contributed by atoms with Gasteiger partial charge in [0.05, 0.1) is 6.54 Å². The maximum atomic E-state index is 12.4. The third kappa shape index (κ3) is 7.60. The molecule has 2 nitrogen and oxygen atoms in total. The largest absolute Gasteiger partial charge is 0.401 e. The van der Waals surface area contributed by atoms with Crippen LogP contribution < -0.4 is 5.32 Å². The Morgan fingerprint density at radius 1 is 1.18 bits per heavy atom. The molecule has 0 spiro atoms. The van der Waals surface area contributed by atoms with Crippen molar-refractivity contribution in [3.63, 3.8) is 0 Å². The third-order valence-electron chi connectivity index (χ3n) is 2.81. The molecule has 0 saturated heterocycles. The van der Waals surface area contributed by atoms with Gasteiger partial charge in [0.2, 0.25) is 0 Å². The highest BCUT2D eigenvalue weighted by molar-refractivity contribution is 4.78. The average Bonchev–Trinajstić information content (AvgIpc) is 2.20. The fraction of sp³-hybridized carbons (Fsp3) is 1.00. The highest BCUT2D eigenvalue weighted by Gasteiger charge is 2.33. The summed E-state index contributed by atoms with van der Waals surface area (Å²) < 4.78 is 37.3. The van der Waals surface area contributed by atoms with E-state index < -0.39 is 12.7 Å². The predicted octanol–water partition coefficient (Wildman–Crippen LogP) is 2.89. The monoisotopic (exact) mass is 254 g/mol. The van der Waals surface area contributed by atoms with Crippen molar-refractivity contribution in [2.75, 3.05) is 26.2 Å². The number of hydrogen-bond donors (Lipinski definition) is 1. The molecule has 0 aromatic rings. The van der Waals surface area contributed by atoms with E-state index in [9.17, 15) is 13.2 Å². The van der Waals surface area contributed by atoms with Crippen LogP contribution in [0.2, 0.25) is 0 Å². The zero-order valence-corrected chi connectivity index (χ0v) is 11.3. The molecule has 0 aliphatic heterocycles. The molecular weight excluding hydrogens is 229 g/mol. The summed E-state index contributed by atoms with van der Waals surface area (Å²) in [5.74, 6) is 0.210. The van der Waals surface area contributed by atoms with Crippen molar-refractivity contribution in [1.82, 2.24) is 10.2 Å². The van der Waals surface area contributed by atoms with Gasteiger partial charge in [0.1, 0.15) is 0 Å². The van der Waals surface area contributed by atoms with Gasteiger partial charge in [-0.25, -0.2) is 0 Å². The molecule has 0 heterocycles. The van der Waals surface area contributed by atoms with Gasteiger partial charge in [-0.15, -0.1) is 0 Å². The molecule has 0 amide bonds.